The number of benzene rings is 1. The fourth-order valence-electron chi connectivity index (χ4n) is 1.89. The van der Waals surface area contributed by atoms with Gasteiger partial charge in [-0.3, -0.25) is 24.4 Å². The van der Waals surface area contributed by atoms with Crippen LogP contribution in [0.4, 0.5) is 11.4 Å². The first-order chi connectivity index (χ1) is 11.0. The van der Waals surface area contributed by atoms with Gasteiger partial charge in [-0.05, 0) is 12.1 Å². The van der Waals surface area contributed by atoms with Crippen molar-refractivity contribution < 1.29 is 14.7 Å². The molecule has 11 heteroatoms. The van der Waals surface area contributed by atoms with Gasteiger partial charge in [-0.25, -0.2) is 4.79 Å². The summed E-state index contributed by atoms with van der Waals surface area (Å²) in [6.07, 6.45) is 0. The molecule has 0 fully saturated rings. The predicted molar refractivity (Wildman–Crippen MR) is 73.5 cm³/mol. The number of hydrogen-bond donors (Lipinski definition) is 3. The predicted octanol–water partition coefficient (Wildman–Crippen LogP) is 0.930. The van der Waals surface area contributed by atoms with Gasteiger partial charge in [0, 0.05) is 0 Å². The number of amides is 2. The van der Waals surface area contributed by atoms with E-state index in [-0.39, 0.29) is 16.8 Å². The number of aromatic hydroxyl groups is 1. The topological polar surface area (TPSA) is 170 Å². The van der Waals surface area contributed by atoms with E-state index in [0.717, 1.165) is 0 Å². The highest BCUT2D eigenvalue weighted by atomic mass is 16.3. The Hall–Kier alpha value is -3.76. The Labute approximate surface area is 125 Å². The summed E-state index contributed by atoms with van der Waals surface area (Å²) in [6.45, 7) is 0. The summed E-state index contributed by atoms with van der Waals surface area (Å²) in [7, 11) is 0. The lowest BCUT2D eigenvalue weighted by Crippen LogP contribution is -2.20. The maximum Gasteiger partial charge on any atom is 0.328 e. The number of fused-ring (bicyclic) bond motifs is 1. The van der Waals surface area contributed by atoms with Crippen LogP contribution in [0.5, 0.6) is 5.88 Å². The van der Waals surface area contributed by atoms with Gasteiger partial charge in [-0.15, -0.1) is 20.5 Å². The zero-order valence-electron chi connectivity index (χ0n) is 11.1. The molecule has 0 radical (unpaired) electrons. The summed E-state index contributed by atoms with van der Waals surface area (Å²) in [5.74, 6) is -2.27. The van der Waals surface area contributed by atoms with Crippen LogP contribution in [0.3, 0.4) is 0 Å². The molecule has 0 atom stereocenters. The number of aromatic amines is 2. The van der Waals surface area contributed by atoms with Gasteiger partial charge in [0.1, 0.15) is 0 Å². The van der Waals surface area contributed by atoms with Crippen molar-refractivity contribution in [2.45, 2.75) is 0 Å². The van der Waals surface area contributed by atoms with Gasteiger partial charge in [0.15, 0.2) is 0 Å². The molecule has 0 saturated carbocycles. The fourth-order valence-corrected chi connectivity index (χ4v) is 1.89. The van der Waals surface area contributed by atoms with E-state index in [2.05, 4.69) is 20.5 Å². The quantitative estimate of drug-likeness (QED) is 0.699. The molecule has 0 aliphatic carbocycles. The first kappa shape index (κ1) is 14.2. The Bertz CT molecular complexity index is 1020. The van der Waals surface area contributed by atoms with E-state index >= 15 is 0 Å². The summed E-state index contributed by atoms with van der Waals surface area (Å²) in [5, 5.41) is 23.0. The first-order valence-corrected chi connectivity index (χ1v) is 6.08. The Balaban J connectivity index is 2.11. The van der Waals surface area contributed by atoms with Crippen molar-refractivity contribution >= 4 is 23.2 Å². The Morgan fingerprint density at radius 3 is 2.43 bits per heavy atom. The lowest BCUT2D eigenvalue weighted by atomic mass is 10.0. The minimum absolute atomic E-state index is 0.000972. The van der Waals surface area contributed by atoms with E-state index in [1.165, 1.54) is 18.2 Å². The van der Waals surface area contributed by atoms with Crippen LogP contribution in [0.15, 0.2) is 48.2 Å². The van der Waals surface area contributed by atoms with Crippen LogP contribution in [-0.2, 0) is 0 Å². The van der Waals surface area contributed by atoms with Gasteiger partial charge in [0.05, 0.1) is 16.8 Å². The Morgan fingerprint density at radius 1 is 0.957 bits per heavy atom. The largest absolute Gasteiger partial charge is 0.493 e. The average molecular weight is 314 g/mol. The molecule has 3 rings (SSSR count). The minimum atomic E-state index is -0.970. The van der Waals surface area contributed by atoms with Crippen molar-refractivity contribution in [3.63, 3.8) is 0 Å². The summed E-state index contributed by atoms with van der Waals surface area (Å²) in [6, 6.07) is 4.18. The number of H-pyrrole nitrogens is 2. The van der Waals surface area contributed by atoms with Crippen molar-refractivity contribution in [2.24, 2.45) is 20.5 Å². The molecule has 0 unspecified atom stereocenters. The van der Waals surface area contributed by atoms with E-state index in [1.807, 2.05) is 9.97 Å². The molecule has 1 aromatic heterocycles. The second kappa shape index (κ2) is 5.22. The Kier molecular flexibility index (Phi) is 3.22. The second-order valence-corrected chi connectivity index (χ2v) is 4.32. The lowest BCUT2D eigenvalue weighted by molar-refractivity contribution is 0.0921. The van der Waals surface area contributed by atoms with Crippen molar-refractivity contribution in [3.8, 4) is 5.88 Å². The number of carbonyl (C=O) groups is 2. The maximum absolute atomic E-state index is 11.8. The number of hydrogen-bond acceptors (Lipinski definition) is 7. The number of rotatable bonds is 2. The van der Waals surface area contributed by atoms with E-state index in [1.54, 1.807) is 0 Å². The van der Waals surface area contributed by atoms with Crippen molar-refractivity contribution in [2.75, 3.05) is 0 Å². The second-order valence-electron chi connectivity index (χ2n) is 4.32. The SMILES string of the molecule is O=C1N=NC(=O)c2c(N=Nc3c(O)[nH]c(=O)[nH]c3=O)cccc21. The van der Waals surface area contributed by atoms with Gasteiger partial charge in [0.25, 0.3) is 17.4 Å². The molecule has 114 valence electrons. The summed E-state index contributed by atoms with van der Waals surface area (Å²) >= 11 is 0. The highest BCUT2D eigenvalue weighted by Gasteiger charge is 2.25. The molecule has 1 aliphatic heterocycles. The van der Waals surface area contributed by atoms with Crippen LogP contribution in [0.25, 0.3) is 0 Å². The van der Waals surface area contributed by atoms with E-state index < -0.39 is 34.6 Å². The van der Waals surface area contributed by atoms with Crippen LogP contribution in [-0.4, -0.2) is 26.9 Å². The zero-order chi connectivity index (χ0) is 16.6. The number of azo groups is 2. The average Bonchev–Trinajstić information content (AvgIpc) is 2.50. The molecule has 0 bridgehead atoms. The van der Waals surface area contributed by atoms with Crippen molar-refractivity contribution in [1.82, 2.24) is 9.97 Å². The monoisotopic (exact) mass is 314 g/mol. The smallest absolute Gasteiger partial charge is 0.328 e. The third kappa shape index (κ3) is 2.46. The molecule has 2 heterocycles. The van der Waals surface area contributed by atoms with Crippen LogP contribution in [0.1, 0.15) is 20.7 Å². The highest BCUT2D eigenvalue weighted by Crippen LogP contribution is 2.29. The highest BCUT2D eigenvalue weighted by molar-refractivity contribution is 6.13. The van der Waals surface area contributed by atoms with Crippen molar-refractivity contribution in [1.29, 1.82) is 0 Å². The fraction of sp³-hybridized carbons (Fsp3) is 0. The van der Waals surface area contributed by atoms with Gasteiger partial charge in [-0.2, -0.15) is 0 Å². The van der Waals surface area contributed by atoms with E-state index in [4.69, 9.17) is 0 Å². The van der Waals surface area contributed by atoms with Gasteiger partial charge >= 0.3 is 5.69 Å². The minimum Gasteiger partial charge on any atom is -0.493 e. The van der Waals surface area contributed by atoms with Crippen LogP contribution < -0.4 is 11.2 Å². The van der Waals surface area contributed by atoms with Gasteiger partial charge in [-0.1, -0.05) is 6.07 Å². The molecule has 2 amide bonds. The molecule has 11 nitrogen and oxygen atoms in total. The lowest BCUT2D eigenvalue weighted by Gasteiger charge is -2.08. The third-order valence-corrected chi connectivity index (χ3v) is 2.87. The summed E-state index contributed by atoms with van der Waals surface area (Å²) in [5.41, 5.74) is -2.59. The first-order valence-electron chi connectivity index (χ1n) is 6.08. The standard InChI is InChI=1S/C12H6N6O5/c19-8-4-2-1-3-5(6(4)9(20)18-17-8)15-16-7-10(21)13-12(23)14-11(7)22/h1-3H,(H3,13,14,21,22,23). The van der Waals surface area contributed by atoms with Crippen LogP contribution in [0.2, 0.25) is 0 Å². The normalized spacial score (nSPS) is 13.6. The van der Waals surface area contributed by atoms with E-state index in [9.17, 15) is 24.3 Å². The molecule has 2 aromatic rings. The maximum atomic E-state index is 11.8. The van der Waals surface area contributed by atoms with Gasteiger partial charge < -0.3 is 5.11 Å². The van der Waals surface area contributed by atoms with Crippen LogP contribution in [0, 0.1) is 0 Å². The number of nitrogens with one attached hydrogen (secondary N) is 2. The van der Waals surface area contributed by atoms with Crippen LogP contribution >= 0.6 is 0 Å². The van der Waals surface area contributed by atoms with Crippen molar-refractivity contribution in [3.05, 3.63) is 50.2 Å². The summed E-state index contributed by atoms with van der Waals surface area (Å²) < 4.78 is 0. The molecule has 23 heavy (non-hydrogen) atoms. The number of carbonyl (C=O) groups excluding carboxylic acids is 2. The number of nitrogens with zero attached hydrogens (tertiary/aromatic N) is 4. The third-order valence-electron chi connectivity index (χ3n) is 2.87. The molecule has 1 aromatic carbocycles. The molecule has 0 saturated heterocycles. The molecular weight excluding hydrogens is 308 g/mol. The summed E-state index contributed by atoms with van der Waals surface area (Å²) in [4.78, 5) is 49.6. The van der Waals surface area contributed by atoms with Gasteiger partial charge in [0.2, 0.25) is 11.6 Å². The molecule has 0 spiro atoms. The number of aromatic nitrogens is 2. The molecule has 3 N–H and O–H groups in total. The molecule has 1 aliphatic rings. The van der Waals surface area contributed by atoms with E-state index in [0.29, 0.717) is 0 Å². The Morgan fingerprint density at radius 2 is 1.70 bits per heavy atom. The molecular formula is C12H6N6O5. The zero-order valence-corrected chi connectivity index (χ0v) is 11.1.